The summed E-state index contributed by atoms with van der Waals surface area (Å²) in [4.78, 5) is 0. The maximum Gasteiger partial charge on any atom is 0.165 e. The van der Waals surface area contributed by atoms with Gasteiger partial charge in [-0.2, -0.15) is 5.10 Å². The predicted molar refractivity (Wildman–Crippen MR) is 74.7 cm³/mol. The molecule has 1 aromatic carbocycles. The number of nitrogens with two attached hydrogens (primary N) is 1. The lowest BCUT2D eigenvalue weighted by atomic mass is 10.0. The van der Waals surface area contributed by atoms with Crippen molar-refractivity contribution >= 4 is 0 Å². The molecule has 2 rings (SSSR count). The van der Waals surface area contributed by atoms with Crippen LogP contribution >= 0.6 is 0 Å². The molecule has 108 valence electrons. The Bertz CT molecular complexity index is 597. The summed E-state index contributed by atoms with van der Waals surface area (Å²) in [5.41, 5.74) is 5.28. The smallest absolute Gasteiger partial charge is 0.165 e. The number of ether oxygens (including phenoxy) is 1. The van der Waals surface area contributed by atoms with Gasteiger partial charge in [-0.3, -0.25) is 10.5 Å². The van der Waals surface area contributed by atoms with Gasteiger partial charge in [0.05, 0.1) is 24.5 Å². The Balaban J connectivity index is 2.41. The van der Waals surface area contributed by atoms with E-state index in [1.54, 1.807) is 16.8 Å². The molecule has 5 nitrogen and oxygen atoms in total. The van der Waals surface area contributed by atoms with E-state index in [1.165, 1.54) is 13.2 Å². The SMILES string of the molecule is CCc1cc(C(NN)c2ccc(OC)c(F)c2)n(C)n1. The molecule has 0 spiro atoms. The van der Waals surface area contributed by atoms with E-state index in [0.717, 1.165) is 23.4 Å². The maximum absolute atomic E-state index is 13.8. The van der Waals surface area contributed by atoms with Crippen LogP contribution < -0.4 is 16.0 Å². The van der Waals surface area contributed by atoms with Crippen molar-refractivity contribution in [3.05, 3.63) is 47.0 Å². The van der Waals surface area contributed by atoms with Crippen molar-refractivity contribution in [2.45, 2.75) is 19.4 Å². The first kappa shape index (κ1) is 14.5. The second-order valence-corrected chi connectivity index (χ2v) is 4.53. The summed E-state index contributed by atoms with van der Waals surface area (Å²) < 4.78 is 20.5. The molecule has 1 atom stereocenters. The van der Waals surface area contributed by atoms with Gasteiger partial charge in [-0.1, -0.05) is 13.0 Å². The first-order valence-electron chi connectivity index (χ1n) is 6.43. The molecule has 0 amide bonds. The molecular weight excluding hydrogens is 259 g/mol. The van der Waals surface area contributed by atoms with Crippen LogP contribution in [0, 0.1) is 5.82 Å². The molecule has 0 radical (unpaired) electrons. The average Bonchev–Trinajstić information content (AvgIpc) is 2.81. The van der Waals surface area contributed by atoms with E-state index in [4.69, 9.17) is 10.6 Å². The number of halogens is 1. The zero-order chi connectivity index (χ0) is 14.7. The molecule has 1 unspecified atom stereocenters. The van der Waals surface area contributed by atoms with Crippen LogP contribution in [-0.2, 0) is 13.5 Å². The Hall–Kier alpha value is -1.92. The topological polar surface area (TPSA) is 65.1 Å². The largest absolute Gasteiger partial charge is 0.494 e. The number of benzene rings is 1. The highest BCUT2D eigenvalue weighted by Gasteiger charge is 2.19. The number of rotatable bonds is 5. The van der Waals surface area contributed by atoms with E-state index in [2.05, 4.69) is 10.5 Å². The molecule has 0 aliphatic carbocycles. The lowest BCUT2D eigenvalue weighted by Crippen LogP contribution is -2.30. The first-order valence-corrected chi connectivity index (χ1v) is 6.43. The van der Waals surface area contributed by atoms with Gasteiger partial charge in [0.15, 0.2) is 11.6 Å². The Morgan fingerprint density at radius 1 is 1.45 bits per heavy atom. The molecule has 0 saturated heterocycles. The van der Waals surface area contributed by atoms with Crippen molar-refractivity contribution in [2.75, 3.05) is 7.11 Å². The number of nitrogens with zero attached hydrogens (tertiary/aromatic N) is 2. The minimum Gasteiger partial charge on any atom is -0.494 e. The van der Waals surface area contributed by atoms with Gasteiger partial charge in [0.2, 0.25) is 0 Å². The normalized spacial score (nSPS) is 12.4. The summed E-state index contributed by atoms with van der Waals surface area (Å²) in [5, 5.41) is 4.38. The van der Waals surface area contributed by atoms with Crippen molar-refractivity contribution in [1.29, 1.82) is 0 Å². The minimum atomic E-state index is -0.414. The van der Waals surface area contributed by atoms with Crippen LogP contribution in [0.2, 0.25) is 0 Å². The third-order valence-electron chi connectivity index (χ3n) is 3.30. The van der Waals surface area contributed by atoms with Crippen molar-refractivity contribution < 1.29 is 9.13 Å². The van der Waals surface area contributed by atoms with Gasteiger partial charge in [0.25, 0.3) is 0 Å². The van der Waals surface area contributed by atoms with Crippen molar-refractivity contribution in [2.24, 2.45) is 12.9 Å². The van der Waals surface area contributed by atoms with Gasteiger partial charge in [0.1, 0.15) is 0 Å². The van der Waals surface area contributed by atoms with Gasteiger partial charge < -0.3 is 4.74 Å². The maximum atomic E-state index is 13.8. The Morgan fingerprint density at radius 2 is 2.20 bits per heavy atom. The fraction of sp³-hybridized carbons (Fsp3) is 0.357. The van der Waals surface area contributed by atoms with Crippen LogP contribution in [0.3, 0.4) is 0 Å². The molecule has 3 N–H and O–H groups in total. The zero-order valence-electron chi connectivity index (χ0n) is 11.9. The predicted octanol–water partition coefficient (Wildman–Crippen LogP) is 1.68. The van der Waals surface area contributed by atoms with Gasteiger partial charge in [-0.15, -0.1) is 0 Å². The number of aromatic nitrogens is 2. The molecule has 20 heavy (non-hydrogen) atoms. The van der Waals surface area contributed by atoms with Gasteiger partial charge in [-0.05, 0) is 30.2 Å². The first-order chi connectivity index (χ1) is 9.60. The van der Waals surface area contributed by atoms with E-state index in [1.807, 2.05) is 20.0 Å². The van der Waals surface area contributed by atoms with Crippen LogP contribution in [0.5, 0.6) is 5.75 Å². The summed E-state index contributed by atoms with van der Waals surface area (Å²) in [7, 11) is 3.28. The molecule has 1 heterocycles. The van der Waals surface area contributed by atoms with E-state index in [0.29, 0.717) is 0 Å². The summed E-state index contributed by atoms with van der Waals surface area (Å²) >= 11 is 0. The monoisotopic (exact) mass is 278 g/mol. The highest BCUT2D eigenvalue weighted by Crippen LogP contribution is 2.26. The second-order valence-electron chi connectivity index (χ2n) is 4.53. The van der Waals surface area contributed by atoms with Crippen LogP contribution in [0.4, 0.5) is 4.39 Å². The molecule has 0 bridgehead atoms. The summed E-state index contributed by atoms with van der Waals surface area (Å²) in [6.07, 6.45) is 0.835. The minimum absolute atomic E-state index is 0.212. The fourth-order valence-corrected chi connectivity index (χ4v) is 2.20. The summed E-state index contributed by atoms with van der Waals surface area (Å²) in [6.45, 7) is 2.03. The molecule has 0 fully saturated rings. The van der Waals surface area contributed by atoms with Crippen LogP contribution in [0.15, 0.2) is 24.3 Å². The third-order valence-corrected chi connectivity index (χ3v) is 3.30. The molecule has 0 aliphatic heterocycles. The highest BCUT2D eigenvalue weighted by atomic mass is 19.1. The lowest BCUT2D eigenvalue weighted by molar-refractivity contribution is 0.385. The van der Waals surface area contributed by atoms with E-state index >= 15 is 0 Å². The average molecular weight is 278 g/mol. The number of hydrogen-bond acceptors (Lipinski definition) is 4. The Kier molecular flexibility index (Phi) is 4.36. The van der Waals surface area contributed by atoms with Gasteiger partial charge in [0, 0.05) is 7.05 Å². The van der Waals surface area contributed by atoms with E-state index in [-0.39, 0.29) is 11.8 Å². The molecule has 1 aromatic heterocycles. The highest BCUT2D eigenvalue weighted by molar-refractivity contribution is 5.35. The fourth-order valence-electron chi connectivity index (χ4n) is 2.20. The summed E-state index contributed by atoms with van der Waals surface area (Å²) in [5.74, 6) is 5.43. The number of hydrazine groups is 1. The van der Waals surface area contributed by atoms with E-state index in [9.17, 15) is 4.39 Å². The lowest BCUT2D eigenvalue weighted by Gasteiger charge is -2.17. The van der Waals surface area contributed by atoms with Crippen LogP contribution in [0.25, 0.3) is 0 Å². The van der Waals surface area contributed by atoms with Crippen molar-refractivity contribution in [1.82, 2.24) is 15.2 Å². The molecule has 0 aliphatic rings. The molecular formula is C14H19FN4O. The van der Waals surface area contributed by atoms with Crippen molar-refractivity contribution in [3.8, 4) is 5.75 Å². The Labute approximate surface area is 117 Å². The number of nitrogens with one attached hydrogen (secondary N) is 1. The van der Waals surface area contributed by atoms with Crippen LogP contribution in [-0.4, -0.2) is 16.9 Å². The third kappa shape index (κ3) is 2.66. The summed E-state index contributed by atoms with van der Waals surface area (Å²) in [6, 6.07) is 6.43. The van der Waals surface area contributed by atoms with Gasteiger partial charge >= 0.3 is 0 Å². The second kappa shape index (κ2) is 6.02. The number of aryl methyl sites for hydroxylation is 2. The zero-order valence-corrected chi connectivity index (χ0v) is 11.9. The van der Waals surface area contributed by atoms with Crippen LogP contribution in [0.1, 0.15) is 29.9 Å². The molecule has 0 saturated carbocycles. The van der Waals surface area contributed by atoms with Gasteiger partial charge in [-0.25, -0.2) is 9.82 Å². The van der Waals surface area contributed by atoms with E-state index < -0.39 is 5.82 Å². The molecule has 6 heteroatoms. The number of methoxy groups -OCH3 is 1. The number of hydrogen-bond donors (Lipinski definition) is 2. The Morgan fingerprint density at radius 3 is 2.70 bits per heavy atom. The molecule has 2 aromatic rings. The van der Waals surface area contributed by atoms with Crippen molar-refractivity contribution in [3.63, 3.8) is 0 Å². The standard InChI is InChI=1S/C14H19FN4O/c1-4-10-8-12(19(2)18-10)14(17-16)9-5-6-13(20-3)11(15)7-9/h5-8,14,17H,4,16H2,1-3H3. The quantitative estimate of drug-likeness (QED) is 0.645.